The van der Waals surface area contributed by atoms with Gasteiger partial charge in [0.25, 0.3) is 0 Å². The third-order valence-corrected chi connectivity index (χ3v) is 4.42. The van der Waals surface area contributed by atoms with E-state index in [1.165, 1.54) is 36.0 Å². The van der Waals surface area contributed by atoms with Gasteiger partial charge in [-0.2, -0.15) is 0 Å². The molecule has 0 aromatic heterocycles. The lowest BCUT2D eigenvalue weighted by atomic mass is 9.71. The van der Waals surface area contributed by atoms with Gasteiger partial charge in [0.15, 0.2) is 0 Å². The van der Waals surface area contributed by atoms with Gasteiger partial charge in [0.05, 0.1) is 7.11 Å². The second-order valence-electron chi connectivity index (χ2n) is 6.21. The van der Waals surface area contributed by atoms with Crippen molar-refractivity contribution < 1.29 is 4.74 Å². The molecule has 2 rings (SSSR count). The van der Waals surface area contributed by atoms with Crippen molar-refractivity contribution in [1.82, 2.24) is 0 Å². The smallest absolute Gasteiger partial charge is 0.125 e. The summed E-state index contributed by atoms with van der Waals surface area (Å²) in [5.41, 5.74) is 7.70. The third kappa shape index (κ3) is 1.96. The summed E-state index contributed by atoms with van der Waals surface area (Å²) < 4.78 is 5.57. The van der Waals surface area contributed by atoms with Crippen molar-refractivity contribution in [2.45, 2.75) is 53.9 Å². The third-order valence-electron chi connectivity index (χ3n) is 4.42. The molecule has 0 aliphatic heterocycles. The summed E-state index contributed by atoms with van der Waals surface area (Å²) in [4.78, 5) is 0. The number of methoxy groups -OCH3 is 1. The molecule has 0 N–H and O–H groups in total. The van der Waals surface area contributed by atoms with Gasteiger partial charge in [-0.3, -0.25) is 0 Å². The zero-order chi connectivity index (χ0) is 12.8. The highest BCUT2D eigenvalue weighted by Crippen LogP contribution is 2.42. The number of rotatable bonds is 1. The van der Waals surface area contributed by atoms with Gasteiger partial charge in [-0.05, 0) is 73.3 Å². The maximum absolute atomic E-state index is 5.57. The van der Waals surface area contributed by atoms with Gasteiger partial charge >= 0.3 is 0 Å². The molecule has 0 heterocycles. The van der Waals surface area contributed by atoms with E-state index in [0.29, 0.717) is 5.41 Å². The first-order chi connectivity index (χ1) is 7.87. The van der Waals surface area contributed by atoms with E-state index in [0.717, 1.165) is 5.75 Å². The Bertz CT molecular complexity index is 455. The van der Waals surface area contributed by atoms with E-state index in [-0.39, 0.29) is 0 Å². The quantitative estimate of drug-likeness (QED) is 0.707. The highest BCUT2D eigenvalue weighted by atomic mass is 16.5. The van der Waals surface area contributed by atoms with Crippen LogP contribution in [0.3, 0.4) is 0 Å². The highest BCUT2D eigenvalue weighted by molar-refractivity contribution is 5.55. The van der Waals surface area contributed by atoms with E-state index in [1.54, 1.807) is 18.2 Å². The first-order valence-corrected chi connectivity index (χ1v) is 6.53. The van der Waals surface area contributed by atoms with E-state index in [2.05, 4.69) is 34.6 Å². The number of hydrogen-bond acceptors (Lipinski definition) is 1. The molecule has 1 aliphatic carbocycles. The average Bonchev–Trinajstić information content (AvgIpc) is 2.26. The fourth-order valence-corrected chi connectivity index (χ4v) is 3.18. The molecule has 1 heteroatoms. The highest BCUT2D eigenvalue weighted by Gasteiger charge is 2.29. The summed E-state index contributed by atoms with van der Waals surface area (Å²) in [5, 5.41) is 0. The number of benzene rings is 1. The normalized spacial score (nSPS) is 17.8. The maximum atomic E-state index is 5.57. The molecule has 1 aromatic rings. The molecule has 1 aliphatic rings. The largest absolute Gasteiger partial charge is 0.496 e. The van der Waals surface area contributed by atoms with Crippen LogP contribution in [0.5, 0.6) is 5.75 Å². The lowest BCUT2D eigenvalue weighted by Crippen LogP contribution is -2.24. The average molecular weight is 232 g/mol. The van der Waals surface area contributed by atoms with Crippen LogP contribution in [0, 0.1) is 26.2 Å². The molecule has 0 atom stereocenters. The van der Waals surface area contributed by atoms with Gasteiger partial charge in [0, 0.05) is 0 Å². The van der Waals surface area contributed by atoms with E-state index in [4.69, 9.17) is 4.74 Å². The molecule has 0 fully saturated rings. The van der Waals surface area contributed by atoms with Crippen LogP contribution in [0.2, 0.25) is 0 Å². The Morgan fingerprint density at radius 2 is 1.59 bits per heavy atom. The van der Waals surface area contributed by atoms with E-state index in [1.807, 2.05) is 0 Å². The van der Waals surface area contributed by atoms with Gasteiger partial charge in [-0.15, -0.1) is 0 Å². The molecular formula is C16H24O. The zero-order valence-electron chi connectivity index (χ0n) is 12.0. The minimum atomic E-state index is 0.450. The fourth-order valence-electron chi connectivity index (χ4n) is 3.18. The predicted molar refractivity (Wildman–Crippen MR) is 73.0 cm³/mol. The SMILES string of the molecule is COc1c(C)c(C)c2c(c1C)CCC(C)(C)C2. The lowest BCUT2D eigenvalue weighted by Gasteiger charge is -2.34. The van der Waals surface area contributed by atoms with Crippen molar-refractivity contribution in [1.29, 1.82) is 0 Å². The first kappa shape index (κ1) is 12.5. The van der Waals surface area contributed by atoms with Gasteiger partial charge in [0.2, 0.25) is 0 Å². The van der Waals surface area contributed by atoms with E-state index >= 15 is 0 Å². The Morgan fingerprint density at radius 1 is 0.941 bits per heavy atom. The molecular weight excluding hydrogens is 208 g/mol. The van der Waals surface area contributed by atoms with Crippen LogP contribution < -0.4 is 4.74 Å². The molecule has 0 saturated heterocycles. The summed E-state index contributed by atoms with van der Waals surface area (Å²) in [7, 11) is 1.79. The second kappa shape index (κ2) is 4.04. The van der Waals surface area contributed by atoms with Crippen LogP contribution in [0.15, 0.2) is 0 Å². The fraction of sp³-hybridized carbons (Fsp3) is 0.625. The van der Waals surface area contributed by atoms with Gasteiger partial charge in [0.1, 0.15) is 5.75 Å². The molecule has 0 spiro atoms. The Hall–Kier alpha value is -0.980. The summed E-state index contributed by atoms with van der Waals surface area (Å²) in [6.07, 6.45) is 3.69. The van der Waals surface area contributed by atoms with Crippen molar-refractivity contribution in [3.63, 3.8) is 0 Å². The predicted octanol–water partition coefficient (Wildman–Crippen LogP) is 4.14. The van der Waals surface area contributed by atoms with Crippen LogP contribution in [-0.2, 0) is 12.8 Å². The van der Waals surface area contributed by atoms with Crippen molar-refractivity contribution in [3.05, 3.63) is 27.8 Å². The van der Waals surface area contributed by atoms with E-state index in [9.17, 15) is 0 Å². The molecule has 0 saturated carbocycles. The summed E-state index contributed by atoms with van der Waals surface area (Å²) in [6.45, 7) is 11.4. The minimum Gasteiger partial charge on any atom is -0.496 e. The molecule has 94 valence electrons. The van der Waals surface area contributed by atoms with Crippen molar-refractivity contribution in [3.8, 4) is 5.75 Å². The number of ether oxygens (including phenoxy) is 1. The minimum absolute atomic E-state index is 0.450. The Kier molecular flexibility index (Phi) is 2.97. The van der Waals surface area contributed by atoms with Crippen LogP contribution in [0.1, 0.15) is 48.1 Å². The van der Waals surface area contributed by atoms with Gasteiger partial charge < -0.3 is 4.74 Å². The van der Waals surface area contributed by atoms with Crippen molar-refractivity contribution in [2.75, 3.05) is 7.11 Å². The lowest BCUT2D eigenvalue weighted by molar-refractivity contribution is 0.312. The molecule has 0 unspecified atom stereocenters. The zero-order valence-corrected chi connectivity index (χ0v) is 12.0. The monoisotopic (exact) mass is 232 g/mol. The molecule has 0 bridgehead atoms. The Balaban J connectivity index is 2.64. The number of fused-ring (bicyclic) bond motifs is 1. The van der Waals surface area contributed by atoms with E-state index < -0.39 is 0 Å². The summed E-state index contributed by atoms with van der Waals surface area (Å²) >= 11 is 0. The molecule has 17 heavy (non-hydrogen) atoms. The topological polar surface area (TPSA) is 9.23 Å². The molecule has 1 nitrogen and oxygen atoms in total. The van der Waals surface area contributed by atoms with Crippen LogP contribution in [-0.4, -0.2) is 7.11 Å². The van der Waals surface area contributed by atoms with Crippen molar-refractivity contribution in [2.24, 2.45) is 5.41 Å². The number of hydrogen-bond donors (Lipinski definition) is 0. The molecule has 0 amide bonds. The summed E-state index contributed by atoms with van der Waals surface area (Å²) in [5.74, 6) is 1.10. The second-order valence-corrected chi connectivity index (χ2v) is 6.21. The van der Waals surface area contributed by atoms with Crippen LogP contribution >= 0.6 is 0 Å². The van der Waals surface area contributed by atoms with Gasteiger partial charge in [-0.25, -0.2) is 0 Å². The standard InChI is InChI=1S/C16H24O/c1-10-11(2)15(17-6)12(3)13-7-8-16(4,5)9-14(10)13/h7-9H2,1-6H3. The maximum Gasteiger partial charge on any atom is 0.125 e. The summed E-state index contributed by atoms with van der Waals surface area (Å²) in [6, 6.07) is 0. The van der Waals surface area contributed by atoms with Crippen LogP contribution in [0.4, 0.5) is 0 Å². The molecule has 0 radical (unpaired) electrons. The van der Waals surface area contributed by atoms with Crippen molar-refractivity contribution >= 4 is 0 Å². The van der Waals surface area contributed by atoms with Crippen LogP contribution in [0.25, 0.3) is 0 Å². The first-order valence-electron chi connectivity index (χ1n) is 6.53. The Morgan fingerprint density at radius 3 is 2.18 bits per heavy atom. The van der Waals surface area contributed by atoms with Gasteiger partial charge in [-0.1, -0.05) is 13.8 Å². The Labute approximate surface area is 105 Å². The molecule has 1 aromatic carbocycles.